The first-order chi connectivity index (χ1) is 5.95. The van der Waals surface area contributed by atoms with Gasteiger partial charge in [-0.3, -0.25) is 4.90 Å². The molecule has 4 nitrogen and oxygen atoms in total. The lowest BCUT2D eigenvalue weighted by Crippen LogP contribution is -2.21. The standard InChI is InChI=1S/C8H13N3O/c1-2-6-11(5-1)7-12-8-3-4-9-10-8/h3H,1-2,4-7H2. The first kappa shape index (κ1) is 7.73. The Bertz CT molecular complexity index is 206. The molecule has 66 valence electrons. The van der Waals surface area contributed by atoms with Gasteiger partial charge in [-0.15, -0.1) is 5.11 Å². The Morgan fingerprint density at radius 1 is 1.42 bits per heavy atom. The summed E-state index contributed by atoms with van der Waals surface area (Å²) < 4.78 is 5.41. The van der Waals surface area contributed by atoms with Crippen LogP contribution in [0.3, 0.4) is 0 Å². The van der Waals surface area contributed by atoms with Gasteiger partial charge in [-0.2, -0.15) is 5.11 Å². The minimum Gasteiger partial charge on any atom is -0.461 e. The van der Waals surface area contributed by atoms with Gasteiger partial charge in [0.15, 0.2) is 0 Å². The van der Waals surface area contributed by atoms with Crippen LogP contribution >= 0.6 is 0 Å². The second kappa shape index (κ2) is 3.67. The van der Waals surface area contributed by atoms with Crippen molar-refractivity contribution < 1.29 is 4.74 Å². The smallest absolute Gasteiger partial charge is 0.232 e. The summed E-state index contributed by atoms with van der Waals surface area (Å²) >= 11 is 0. The molecule has 0 atom stereocenters. The lowest BCUT2D eigenvalue weighted by Gasteiger charge is -2.14. The van der Waals surface area contributed by atoms with Crippen LogP contribution in [-0.2, 0) is 4.74 Å². The molecule has 1 saturated heterocycles. The quantitative estimate of drug-likeness (QED) is 0.636. The predicted octanol–water partition coefficient (Wildman–Crippen LogP) is 1.36. The second-order valence-corrected chi connectivity index (χ2v) is 3.06. The van der Waals surface area contributed by atoms with E-state index in [1.165, 1.54) is 12.8 Å². The van der Waals surface area contributed by atoms with Crippen LogP contribution in [0.2, 0.25) is 0 Å². The topological polar surface area (TPSA) is 37.2 Å². The maximum atomic E-state index is 5.41. The van der Waals surface area contributed by atoms with E-state index in [1.807, 2.05) is 6.08 Å². The number of nitrogens with zero attached hydrogens (tertiary/aromatic N) is 3. The molecular formula is C8H13N3O. The van der Waals surface area contributed by atoms with Crippen LogP contribution in [0.4, 0.5) is 0 Å². The Labute approximate surface area is 71.9 Å². The van der Waals surface area contributed by atoms with Crippen molar-refractivity contribution >= 4 is 0 Å². The van der Waals surface area contributed by atoms with Crippen LogP contribution in [0.25, 0.3) is 0 Å². The fourth-order valence-corrected chi connectivity index (χ4v) is 1.43. The van der Waals surface area contributed by atoms with Gasteiger partial charge in [0, 0.05) is 19.2 Å². The van der Waals surface area contributed by atoms with Gasteiger partial charge in [-0.25, -0.2) is 0 Å². The van der Waals surface area contributed by atoms with Gasteiger partial charge in [-0.05, 0) is 12.8 Å². The van der Waals surface area contributed by atoms with E-state index >= 15 is 0 Å². The molecule has 2 aliphatic heterocycles. The summed E-state index contributed by atoms with van der Waals surface area (Å²) in [6.07, 6.45) is 4.49. The zero-order valence-electron chi connectivity index (χ0n) is 7.07. The third kappa shape index (κ3) is 1.82. The van der Waals surface area contributed by atoms with Gasteiger partial charge in [-0.1, -0.05) is 0 Å². The van der Waals surface area contributed by atoms with Gasteiger partial charge < -0.3 is 4.74 Å². The molecule has 12 heavy (non-hydrogen) atoms. The fourth-order valence-electron chi connectivity index (χ4n) is 1.43. The largest absolute Gasteiger partial charge is 0.461 e. The van der Waals surface area contributed by atoms with Crippen LogP contribution in [0, 0.1) is 0 Å². The van der Waals surface area contributed by atoms with E-state index in [9.17, 15) is 0 Å². The Kier molecular flexibility index (Phi) is 2.36. The van der Waals surface area contributed by atoms with Crippen LogP contribution < -0.4 is 0 Å². The first-order valence-corrected chi connectivity index (χ1v) is 4.38. The Balaban J connectivity index is 1.70. The highest BCUT2D eigenvalue weighted by Gasteiger charge is 2.12. The average molecular weight is 167 g/mol. The lowest BCUT2D eigenvalue weighted by molar-refractivity contribution is 0.0894. The molecule has 4 heteroatoms. The van der Waals surface area contributed by atoms with Gasteiger partial charge in [0.05, 0.1) is 6.54 Å². The summed E-state index contributed by atoms with van der Waals surface area (Å²) in [4.78, 5) is 2.29. The average Bonchev–Trinajstić information content (AvgIpc) is 2.74. The molecule has 0 aromatic rings. The summed E-state index contributed by atoms with van der Waals surface area (Å²) in [6, 6.07) is 0. The molecule has 0 aromatic heterocycles. The molecule has 0 aliphatic carbocycles. The van der Waals surface area contributed by atoms with E-state index in [4.69, 9.17) is 4.74 Å². The number of hydrogen-bond donors (Lipinski definition) is 0. The van der Waals surface area contributed by atoms with Crippen molar-refractivity contribution in [3.05, 3.63) is 12.0 Å². The van der Waals surface area contributed by atoms with Crippen molar-refractivity contribution in [1.82, 2.24) is 4.90 Å². The zero-order chi connectivity index (χ0) is 8.23. The van der Waals surface area contributed by atoms with Crippen LogP contribution in [0.5, 0.6) is 0 Å². The third-order valence-corrected chi connectivity index (χ3v) is 2.11. The molecule has 0 bridgehead atoms. The zero-order valence-corrected chi connectivity index (χ0v) is 7.07. The molecule has 0 aromatic carbocycles. The van der Waals surface area contributed by atoms with E-state index in [-0.39, 0.29) is 0 Å². The number of hydrogen-bond acceptors (Lipinski definition) is 4. The summed E-state index contributed by atoms with van der Waals surface area (Å²) in [6.45, 7) is 3.66. The molecular weight excluding hydrogens is 154 g/mol. The van der Waals surface area contributed by atoms with Gasteiger partial charge in [0.2, 0.25) is 5.88 Å². The lowest BCUT2D eigenvalue weighted by atomic mass is 10.4. The van der Waals surface area contributed by atoms with E-state index in [2.05, 4.69) is 15.1 Å². The number of rotatable bonds is 3. The summed E-state index contributed by atoms with van der Waals surface area (Å²) in [7, 11) is 0. The Morgan fingerprint density at radius 3 is 2.92 bits per heavy atom. The minimum absolute atomic E-state index is 0.671. The maximum absolute atomic E-state index is 5.41. The first-order valence-electron chi connectivity index (χ1n) is 4.38. The second-order valence-electron chi connectivity index (χ2n) is 3.06. The van der Waals surface area contributed by atoms with E-state index in [1.54, 1.807) is 0 Å². The SMILES string of the molecule is C1=C(OCN2CCCC2)N=NC1. The van der Waals surface area contributed by atoms with Crippen LogP contribution in [0.15, 0.2) is 22.2 Å². The number of likely N-dealkylation sites (tertiary alicyclic amines) is 1. The minimum atomic E-state index is 0.671. The molecule has 2 aliphatic rings. The normalized spacial score (nSPS) is 23.2. The van der Waals surface area contributed by atoms with Crippen molar-refractivity contribution in [1.29, 1.82) is 0 Å². The summed E-state index contributed by atoms with van der Waals surface area (Å²) in [5.41, 5.74) is 0. The maximum Gasteiger partial charge on any atom is 0.232 e. The molecule has 0 spiro atoms. The molecule has 0 saturated carbocycles. The van der Waals surface area contributed by atoms with Gasteiger partial charge in [0.25, 0.3) is 0 Å². The third-order valence-electron chi connectivity index (χ3n) is 2.11. The fraction of sp³-hybridized carbons (Fsp3) is 0.750. The molecule has 0 radical (unpaired) electrons. The van der Waals surface area contributed by atoms with Gasteiger partial charge in [0.1, 0.15) is 6.73 Å². The van der Waals surface area contributed by atoms with E-state index in [0.29, 0.717) is 19.2 Å². The monoisotopic (exact) mass is 167 g/mol. The van der Waals surface area contributed by atoms with Crippen LogP contribution in [-0.4, -0.2) is 31.3 Å². The highest BCUT2D eigenvalue weighted by atomic mass is 16.5. The van der Waals surface area contributed by atoms with Crippen molar-refractivity contribution in [2.45, 2.75) is 12.8 Å². The predicted molar refractivity (Wildman–Crippen MR) is 44.6 cm³/mol. The Morgan fingerprint density at radius 2 is 2.25 bits per heavy atom. The molecule has 2 rings (SSSR count). The highest BCUT2D eigenvalue weighted by molar-refractivity contribution is 4.95. The van der Waals surface area contributed by atoms with Crippen molar-refractivity contribution in [3.8, 4) is 0 Å². The molecule has 1 fully saturated rings. The number of azo groups is 1. The molecule has 0 N–H and O–H groups in total. The van der Waals surface area contributed by atoms with E-state index in [0.717, 1.165) is 13.1 Å². The number of ether oxygens (including phenoxy) is 1. The van der Waals surface area contributed by atoms with Crippen molar-refractivity contribution in [3.63, 3.8) is 0 Å². The summed E-state index contributed by atoms with van der Waals surface area (Å²) in [5.74, 6) is 0.682. The Hall–Kier alpha value is -0.900. The summed E-state index contributed by atoms with van der Waals surface area (Å²) in [5, 5.41) is 7.63. The van der Waals surface area contributed by atoms with Crippen molar-refractivity contribution in [2.75, 3.05) is 26.4 Å². The van der Waals surface area contributed by atoms with Crippen LogP contribution in [0.1, 0.15) is 12.8 Å². The van der Waals surface area contributed by atoms with E-state index < -0.39 is 0 Å². The highest BCUT2D eigenvalue weighted by Crippen LogP contribution is 2.11. The van der Waals surface area contributed by atoms with Gasteiger partial charge >= 0.3 is 0 Å². The molecule has 0 unspecified atom stereocenters. The molecule has 2 heterocycles. The molecule has 0 amide bonds. The van der Waals surface area contributed by atoms with Crippen molar-refractivity contribution in [2.24, 2.45) is 10.2 Å².